The van der Waals surface area contributed by atoms with Crippen molar-refractivity contribution in [2.45, 2.75) is 44.4 Å². The van der Waals surface area contributed by atoms with Crippen molar-refractivity contribution in [1.29, 1.82) is 0 Å². The molecule has 5 nitrogen and oxygen atoms in total. The highest BCUT2D eigenvalue weighted by molar-refractivity contribution is 7.92. The monoisotopic (exact) mass is 450 g/mol. The lowest BCUT2D eigenvalue weighted by atomic mass is 10.0. The fourth-order valence-electron chi connectivity index (χ4n) is 3.34. The molecule has 1 N–H and O–H groups in total. The predicted octanol–water partition coefficient (Wildman–Crippen LogP) is 5.77. The van der Waals surface area contributed by atoms with Crippen molar-refractivity contribution >= 4 is 27.3 Å². The first-order valence-corrected chi connectivity index (χ1v) is 12.2. The van der Waals surface area contributed by atoms with E-state index < -0.39 is 15.9 Å². The van der Waals surface area contributed by atoms with Gasteiger partial charge in [-0.3, -0.25) is 9.10 Å². The minimum absolute atomic E-state index is 0.141. The molecule has 0 aliphatic carbocycles. The van der Waals surface area contributed by atoms with Crippen molar-refractivity contribution in [3.63, 3.8) is 0 Å². The molecule has 0 aromatic heterocycles. The zero-order valence-corrected chi connectivity index (χ0v) is 19.8. The number of rotatable bonds is 8. The highest BCUT2D eigenvalue weighted by Crippen LogP contribution is 2.26. The molecule has 0 heterocycles. The van der Waals surface area contributed by atoms with Crippen LogP contribution in [0.25, 0.3) is 0 Å². The van der Waals surface area contributed by atoms with Gasteiger partial charge >= 0.3 is 0 Å². The third-order valence-electron chi connectivity index (χ3n) is 5.33. The Bertz CT molecular complexity index is 1140. The predicted molar refractivity (Wildman–Crippen MR) is 131 cm³/mol. The molecule has 6 heteroatoms. The molecule has 3 aromatic rings. The molecular formula is C26H30N2O3S. The molecule has 0 radical (unpaired) electrons. The molecule has 0 fully saturated rings. The van der Waals surface area contributed by atoms with Crippen LogP contribution in [0.15, 0.2) is 83.8 Å². The molecule has 3 aromatic carbocycles. The van der Waals surface area contributed by atoms with Crippen LogP contribution in [-0.4, -0.2) is 20.9 Å². The summed E-state index contributed by atoms with van der Waals surface area (Å²) in [5.74, 6) is 0.301. The van der Waals surface area contributed by atoms with Gasteiger partial charge in [0.05, 0.1) is 10.6 Å². The van der Waals surface area contributed by atoms with Gasteiger partial charge in [-0.1, -0.05) is 70.2 Å². The fraction of sp³-hybridized carbons (Fsp3) is 0.269. The molecule has 0 saturated carbocycles. The minimum Gasteiger partial charge on any atom is -0.325 e. The Hall–Kier alpha value is -3.12. The highest BCUT2D eigenvalue weighted by atomic mass is 32.2. The summed E-state index contributed by atoms with van der Waals surface area (Å²) in [5, 5.41) is 2.82. The number of nitrogens with one attached hydrogen (secondary N) is 1. The third kappa shape index (κ3) is 5.56. The summed E-state index contributed by atoms with van der Waals surface area (Å²) in [6.45, 7) is 8.02. The summed E-state index contributed by atoms with van der Waals surface area (Å²) in [4.78, 5) is 13.0. The molecular weight excluding hydrogens is 420 g/mol. The summed E-state index contributed by atoms with van der Waals surface area (Å²) in [7, 11) is -3.92. The molecule has 1 amide bonds. The van der Waals surface area contributed by atoms with Crippen LogP contribution in [0.4, 0.5) is 11.4 Å². The lowest BCUT2D eigenvalue weighted by molar-refractivity contribution is -0.114. The van der Waals surface area contributed by atoms with E-state index in [4.69, 9.17) is 0 Å². The fourth-order valence-corrected chi connectivity index (χ4v) is 4.78. The molecule has 32 heavy (non-hydrogen) atoms. The number of hydrogen-bond donors (Lipinski definition) is 1. The van der Waals surface area contributed by atoms with Gasteiger partial charge in [-0.2, -0.15) is 0 Å². The third-order valence-corrected chi connectivity index (χ3v) is 7.12. The Balaban J connectivity index is 1.89. The molecule has 0 aliphatic heterocycles. The number of nitrogens with zero attached hydrogens (tertiary/aromatic N) is 1. The van der Waals surface area contributed by atoms with E-state index in [1.165, 1.54) is 17.7 Å². The number of hydrogen-bond acceptors (Lipinski definition) is 3. The van der Waals surface area contributed by atoms with E-state index in [2.05, 4.69) is 33.0 Å². The van der Waals surface area contributed by atoms with Gasteiger partial charge in [-0.15, -0.1) is 0 Å². The molecule has 0 saturated heterocycles. The van der Waals surface area contributed by atoms with Gasteiger partial charge in [-0.05, 0) is 59.4 Å². The van der Waals surface area contributed by atoms with Crippen LogP contribution in [0.2, 0.25) is 0 Å². The van der Waals surface area contributed by atoms with E-state index in [0.717, 1.165) is 9.87 Å². The van der Waals surface area contributed by atoms with Crippen LogP contribution < -0.4 is 9.62 Å². The quantitative estimate of drug-likeness (QED) is 0.474. The smallest absolute Gasteiger partial charge is 0.264 e. The minimum atomic E-state index is -3.92. The molecule has 0 atom stereocenters. The number of carbonyl (C=O) groups excluding carboxylic acids is 1. The van der Waals surface area contributed by atoms with E-state index in [1.54, 1.807) is 30.3 Å². The zero-order chi connectivity index (χ0) is 23.3. The number of carbonyl (C=O) groups is 1. The molecule has 0 bridgehead atoms. The van der Waals surface area contributed by atoms with Crippen LogP contribution in [0.1, 0.15) is 50.7 Å². The second kappa shape index (κ2) is 10.0. The van der Waals surface area contributed by atoms with Gasteiger partial charge < -0.3 is 5.32 Å². The van der Waals surface area contributed by atoms with Crippen LogP contribution in [0, 0.1) is 0 Å². The number of anilines is 2. The van der Waals surface area contributed by atoms with Crippen LogP contribution in [-0.2, 0) is 14.8 Å². The Morgan fingerprint density at radius 2 is 1.28 bits per heavy atom. The highest BCUT2D eigenvalue weighted by Gasteiger charge is 2.27. The van der Waals surface area contributed by atoms with Gasteiger partial charge in [0.25, 0.3) is 10.0 Å². The maximum Gasteiger partial charge on any atom is 0.264 e. The summed E-state index contributed by atoms with van der Waals surface area (Å²) in [6.07, 6.45) is 0. The SMILES string of the molecule is CC(C)c1ccc(NC(=O)CN(c2ccc(C(C)C)cc2)S(=O)(=O)c2ccccc2)cc1. The summed E-state index contributed by atoms with van der Waals surface area (Å²) < 4.78 is 28.0. The van der Waals surface area contributed by atoms with E-state index in [9.17, 15) is 13.2 Å². The number of amides is 1. The van der Waals surface area contributed by atoms with E-state index in [1.807, 2.05) is 36.4 Å². The van der Waals surface area contributed by atoms with E-state index >= 15 is 0 Å². The maximum atomic E-state index is 13.4. The van der Waals surface area contributed by atoms with Gasteiger partial charge in [0.1, 0.15) is 6.54 Å². The molecule has 168 valence electrons. The number of sulfonamides is 1. The Morgan fingerprint density at radius 1 is 0.781 bits per heavy atom. The first-order chi connectivity index (χ1) is 15.2. The summed E-state index contributed by atoms with van der Waals surface area (Å²) >= 11 is 0. The van der Waals surface area contributed by atoms with Crippen molar-refractivity contribution < 1.29 is 13.2 Å². The first-order valence-electron chi connectivity index (χ1n) is 10.8. The standard InChI is InChI=1S/C26H30N2O3S/c1-19(2)21-10-14-23(15-11-21)27-26(29)18-28(24-16-12-22(13-17-24)20(3)4)32(30,31)25-8-6-5-7-9-25/h5-17,19-20H,18H2,1-4H3,(H,27,29). The van der Waals surface area contributed by atoms with E-state index in [0.29, 0.717) is 23.2 Å². The van der Waals surface area contributed by atoms with Gasteiger partial charge in [0.15, 0.2) is 0 Å². The molecule has 0 aliphatic rings. The average Bonchev–Trinajstić information content (AvgIpc) is 2.78. The van der Waals surface area contributed by atoms with Gasteiger partial charge in [0.2, 0.25) is 5.91 Å². The lowest BCUT2D eigenvalue weighted by Crippen LogP contribution is -2.38. The first kappa shape index (κ1) is 23.5. The van der Waals surface area contributed by atoms with Gasteiger partial charge in [0, 0.05) is 5.69 Å². The van der Waals surface area contributed by atoms with Crippen LogP contribution in [0.3, 0.4) is 0 Å². The van der Waals surface area contributed by atoms with Crippen molar-refractivity contribution in [1.82, 2.24) is 0 Å². The van der Waals surface area contributed by atoms with Crippen molar-refractivity contribution in [3.05, 3.63) is 90.0 Å². The van der Waals surface area contributed by atoms with Crippen molar-refractivity contribution in [3.8, 4) is 0 Å². The Kier molecular flexibility index (Phi) is 7.36. The molecule has 0 unspecified atom stereocenters. The molecule has 0 spiro atoms. The van der Waals surface area contributed by atoms with E-state index in [-0.39, 0.29) is 11.4 Å². The van der Waals surface area contributed by atoms with Crippen molar-refractivity contribution in [2.24, 2.45) is 0 Å². The lowest BCUT2D eigenvalue weighted by Gasteiger charge is -2.24. The summed E-state index contributed by atoms with van der Waals surface area (Å²) in [6, 6.07) is 23.1. The maximum absolute atomic E-state index is 13.4. The largest absolute Gasteiger partial charge is 0.325 e. The normalized spacial score (nSPS) is 11.6. The van der Waals surface area contributed by atoms with Crippen LogP contribution in [0.5, 0.6) is 0 Å². The zero-order valence-electron chi connectivity index (χ0n) is 18.9. The number of benzene rings is 3. The van der Waals surface area contributed by atoms with Crippen LogP contribution >= 0.6 is 0 Å². The molecule has 3 rings (SSSR count). The van der Waals surface area contributed by atoms with Crippen molar-refractivity contribution in [2.75, 3.05) is 16.2 Å². The summed E-state index contributed by atoms with van der Waals surface area (Å²) in [5.41, 5.74) is 3.34. The Labute approximate surface area is 191 Å². The second-order valence-corrected chi connectivity index (χ2v) is 10.3. The topological polar surface area (TPSA) is 66.5 Å². The second-order valence-electron chi connectivity index (χ2n) is 8.40. The van der Waals surface area contributed by atoms with Gasteiger partial charge in [-0.25, -0.2) is 8.42 Å². The Morgan fingerprint density at radius 3 is 1.78 bits per heavy atom. The average molecular weight is 451 g/mol.